The maximum Gasteiger partial charge on any atom is 0.136 e. The van der Waals surface area contributed by atoms with Crippen LogP contribution in [0.3, 0.4) is 0 Å². The summed E-state index contributed by atoms with van der Waals surface area (Å²) in [6, 6.07) is 9.86. The van der Waals surface area contributed by atoms with Gasteiger partial charge in [0, 0.05) is 35.9 Å². The molecular formula is C24H30N4O. The Labute approximate surface area is 172 Å². The lowest BCUT2D eigenvalue weighted by molar-refractivity contribution is 0.303. The fraction of sp³-hybridized carbons (Fsp3) is 0.375. The Morgan fingerprint density at radius 2 is 1.79 bits per heavy atom. The topological polar surface area (TPSA) is 53.3 Å². The van der Waals surface area contributed by atoms with E-state index in [0.717, 1.165) is 65.7 Å². The largest absolute Gasteiger partial charge is 0.507 e. The lowest BCUT2D eigenvalue weighted by Gasteiger charge is -2.18. The van der Waals surface area contributed by atoms with Crippen LogP contribution in [0.2, 0.25) is 0 Å². The lowest BCUT2D eigenvalue weighted by Crippen LogP contribution is -2.25. The number of aromatic hydroxyl groups is 1. The van der Waals surface area contributed by atoms with Crippen molar-refractivity contribution in [3.05, 3.63) is 42.1 Å². The van der Waals surface area contributed by atoms with Gasteiger partial charge in [-0.2, -0.15) is 0 Å². The molecule has 152 valence electrons. The molecule has 29 heavy (non-hydrogen) atoms. The minimum atomic E-state index is 0.319. The number of aromatic nitrogens is 2. The molecule has 0 aliphatic carbocycles. The maximum atomic E-state index is 10.3. The summed E-state index contributed by atoms with van der Waals surface area (Å²) < 4.78 is 2.24. The molecule has 2 aromatic carbocycles. The van der Waals surface area contributed by atoms with Gasteiger partial charge >= 0.3 is 0 Å². The molecule has 0 aliphatic rings. The molecule has 0 saturated heterocycles. The Morgan fingerprint density at radius 1 is 1.03 bits per heavy atom. The molecule has 0 bridgehead atoms. The fourth-order valence-corrected chi connectivity index (χ4v) is 4.47. The average molecular weight is 391 g/mol. The van der Waals surface area contributed by atoms with Crippen LogP contribution in [0.1, 0.15) is 25.8 Å². The van der Waals surface area contributed by atoms with Gasteiger partial charge in [0.2, 0.25) is 0 Å². The maximum absolute atomic E-state index is 10.3. The number of anilines is 1. The fourth-order valence-electron chi connectivity index (χ4n) is 4.47. The molecular weight excluding hydrogens is 360 g/mol. The monoisotopic (exact) mass is 390 g/mol. The van der Waals surface area contributed by atoms with E-state index in [2.05, 4.69) is 54.7 Å². The Kier molecular flexibility index (Phi) is 5.33. The summed E-state index contributed by atoms with van der Waals surface area (Å²) in [6.45, 7) is 10.7. The number of hydrogen-bond donors (Lipinski definition) is 2. The van der Waals surface area contributed by atoms with Gasteiger partial charge < -0.3 is 19.9 Å². The first kappa shape index (κ1) is 19.5. The van der Waals surface area contributed by atoms with E-state index in [1.54, 1.807) is 6.07 Å². The molecule has 0 saturated carbocycles. The number of phenolic OH excluding ortho intramolecular Hbond substituents is 1. The van der Waals surface area contributed by atoms with E-state index in [1.807, 2.05) is 18.3 Å². The molecule has 0 atom stereocenters. The second-order valence-corrected chi connectivity index (χ2v) is 7.71. The van der Waals surface area contributed by atoms with Gasteiger partial charge in [-0.1, -0.05) is 32.0 Å². The van der Waals surface area contributed by atoms with Gasteiger partial charge in [0.25, 0.3) is 0 Å². The van der Waals surface area contributed by atoms with Crippen LogP contribution < -0.4 is 5.32 Å². The Morgan fingerprint density at radius 3 is 2.55 bits per heavy atom. The number of rotatable bonds is 7. The molecule has 0 spiro atoms. The van der Waals surface area contributed by atoms with Crippen molar-refractivity contribution < 1.29 is 5.11 Å². The number of pyridine rings is 1. The highest BCUT2D eigenvalue weighted by Crippen LogP contribution is 2.39. The van der Waals surface area contributed by atoms with Crippen molar-refractivity contribution in [2.45, 2.75) is 27.2 Å². The quantitative estimate of drug-likeness (QED) is 0.434. The van der Waals surface area contributed by atoms with E-state index < -0.39 is 0 Å². The Balaban J connectivity index is 1.80. The standard InChI is InChI=1S/C24H30N4O/c1-5-28(6-2)14-8-13-25-24-21-19-12-11-17-18(9-7-10-20(17)29)23(19)27(4)22(21)16(3)15-26-24/h7,9-12,15,29H,5-6,8,13-14H2,1-4H3,(H,25,26). The van der Waals surface area contributed by atoms with Gasteiger partial charge in [-0.25, -0.2) is 4.98 Å². The van der Waals surface area contributed by atoms with Gasteiger partial charge in [-0.05, 0) is 50.7 Å². The van der Waals surface area contributed by atoms with Crippen LogP contribution in [0.4, 0.5) is 5.82 Å². The van der Waals surface area contributed by atoms with Crippen molar-refractivity contribution in [1.82, 2.24) is 14.5 Å². The molecule has 0 aliphatic heterocycles. The number of benzene rings is 2. The van der Waals surface area contributed by atoms with Gasteiger partial charge in [-0.3, -0.25) is 0 Å². The summed E-state index contributed by atoms with van der Waals surface area (Å²) >= 11 is 0. The molecule has 0 fully saturated rings. The lowest BCUT2D eigenvalue weighted by atomic mass is 10.0. The molecule has 4 rings (SSSR count). The van der Waals surface area contributed by atoms with Gasteiger partial charge in [0.05, 0.1) is 16.4 Å². The van der Waals surface area contributed by atoms with E-state index >= 15 is 0 Å². The molecule has 2 aromatic heterocycles. The summed E-state index contributed by atoms with van der Waals surface area (Å²) in [4.78, 5) is 7.18. The van der Waals surface area contributed by atoms with Crippen LogP contribution in [0.15, 0.2) is 36.5 Å². The minimum Gasteiger partial charge on any atom is -0.507 e. The van der Waals surface area contributed by atoms with Crippen LogP contribution in [0.25, 0.3) is 32.6 Å². The predicted octanol–water partition coefficient (Wildman–Crippen LogP) is 5.04. The molecule has 5 heteroatoms. The third kappa shape index (κ3) is 3.29. The highest BCUT2D eigenvalue weighted by molar-refractivity contribution is 6.21. The van der Waals surface area contributed by atoms with E-state index in [4.69, 9.17) is 4.98 Å². The predicted molar refractivity (Wildman–Crippen MR) is 123 cm³/mol. The van der Waals surface area contributed by atoms with Crippen molar-refractivity contribution in [2.75, 3.05) is 31.5 Å². The molecule has 4 aromatic rings. The highest BCUT2D eigenvalue weighted by Gasteiger charge is 2.17. The average Bonchev–Trinajstić information content (AvgIpc) is 3.04. The van der Waals surface area contributed by atoms with Crippen molar-refractivity contribution in [1.29, 1.82) is 0 Å². The first-order valence-corrected chi connectivity index (χ1v) is 10.5. The smallest absolute Gasteiger partial charge is 0.136 e. The number of hydrogen-bond acceptors (Lipinski definition) is 4. The highest BCUT2D eigenvalue weighted by atomic mass is 16.3. The summed E-state index contributed by atoms with van der Waals surface area (Å²) in [5, 5.41) is 18.2. The minimum absolute atomic E-state index is 0.319. The molecule has 2 heterocycles. The van der Waals surface area contributed by atoms with Crippen LogP contribution >= 0.6 is 0 Å². The SMILES string of the molecule is CCN(CC)CCCNc1ncc(C)c2c1c1ccc3c(O)cccc3c1n2C. The zero-order valence-corrected chi connectivity index (χ0v) is 17.8. The summed E-state index contributed by atoms with van der Waals surface area (Å²) in [6.07, 6.45) is 3.04. The van der Waals surface area contributed by atoms with E-state index in [1.165, 1.54) is 10.9 Å². The van der Waals surface area contributed by atoms with Crippen LogP contribution in [-0.2, 0) is 7.05 Å². The van der Waals surface area contributed by atoms with Crippen LogP contribution in [-0.4, -0.2) is 45.7 Å². The van der Waals surface area contributed by atoms with Crippen LogP contribution in [0, 0.1) is 6.92 Å². The van der Waals surface area contributed by atoms with Gasteiger partial charge in [0.1, 0.15) is 11.6 Å². The zero-order valence-electron chi connectivity index (χ0n) is 17.8. The first-order chi connectivity index (χ1) is 14.1. The molecule has 0 amide bonds. The van der Waals surface area contributed by atoms with Crippen molar-refractivity contribution >= 4 is 38.4 Å². The summed E-state index contributed by atoms with van der Waals surface area (Å²) in [5.41, 5.74) is 3.48. The second-order valence-electron chi connectivity index (χ2n) is 7.71. The Bertz CT molecular complexity index is 1170. The first-order valence-electron chi connectivity index (χ1n) is 10.5. The third-order valence-electron chi connectivity index (χ3n) is 6.02. The third-order valence-corrected chi connectivity index (χ3v) is 6.02. The molecule has 0 unspecified atom stereocenters. The number of fused-ring (bicyclic) bond motifs is 5. The van der Waals surface area contributed by atoms with Gasteiger partial charge in [-0.15, -0.1) is 0 Å². The number of aryl methyl sites for hydroxylation is 2. The number of nitrogens with zero attached hydrogens (tertiary/aromatic N) is 3. The van der Waals surface area contributed by atoms with E-state index in [0.29, 0.717) is 5.75 Å². The molecule has 0 radical (unpaired) electrons. The normalized spacial score (nSPS) is 11.9. The zero-order chi connectivity index (χ0) is 20.5. The van der Waals surface area contributed by atoms with Crippen LogP contribution in [0.5, 0.6) is 5.75 Å². The summed E-state index contributed by atoms with van der Waals surface area (Å²) in [5.74, 6) is 1.26. The van der Waals surface area contributed by atoms with E-state index in [-0.39, 0.29) is 0 Å². The van der Waals surface area contributed by atoms with Gasteiger partial charge in [0.15, 0.2) is 0 Å². The van der Waals surface area contributed by atoms with Crippen molar-refractivity contribution in [3.8, 4) is 5.75 Å². The number of nitrogens with one attached hydrogen (secondary N) is 1. The summed E-state index contributed by atoms with van der Waals surface area (Å²) in [7, 11) is 2.10. The number of phenols is 1. The van der Waals surface area contributed by atoms with Crippen molar-refractivity contribution in [3.63, 3.8) is 0 Å². The second kappa shape index (κ2) is 7.91. The molecule has 5 nitrogen and oxygen atoms in total. The molecule has 2 N–H and O–H groups in total. The van der Waals surface area contributed by atoms with Crippen molar-refractivity contribution in [2.24, 2.45) is 7.05 Å². The Hall–Kier alpha value is -2.79. The van der Waals surface area contributed by atoms with E-state index in [9.17, 15) is 5.11 Å².